The first-order valence-corrected chi connectivity index (χ1v) is 17.4. The van der Waals surface area contributed by atoms with E-state index >= 15 is 0 Å². The molecule has 1 aromatic heterocycles. The van der Waals surface area contributed by atoms with Crippen LogP contribution in [0.15, 0.2) is 32.9 Å². The molecule has 0 spiro atoms. The number of halogens is 1. The number of fused-ring (bicyclic) bond motifs is 3. The van der Waals surface area contributed by atoms with Crippen molar-refractivity contribution in [1.82, 2.24) is 9.62 Å². The molecule has 1 aromatic carbocycles. The second kappa shape index (κ2) is 10.1. The molecule has 0 radical (unpaired) electrons. The maximum atomic E-state index is 14.1. The number of likely N-dealkylation sites (tertiary alicyclic amines) is 1. The molecule has 2 bridgehead atoms. The van der Waals surface area contributed by atoms with Crippen molar-refractivity contribution in [3.05, 3.63) is 40.5 Å². The smallest absolute Gasteiger partial charge is 0.287 e. The van der Waals surface area contributed by atoms with E-state index < -0.39 is 43.6 Å². The number of nitrogens with one attached hydrogen (secondary N) is 2. The highest BCUT2D eigenvalue weighted by molar-refractivity contribution is 7.91. The molecule has 4 fully saturated rings. The number of nitrogens with zero attached hydrogens (tertiary/aromatic N) is 2. The van der Waals surface area contributed by atoms with Gasteiger partial charge in [0.2, 0.25) is 15.9 Å². The Labute approximate surface area is 241 Å². The summed E-state index contributed by atoms with van der Waals surface area (Å²) in [4.78, 5) is 29.7. The van der Waals surface area contributed by atoms with Crippen LogP contribution in [0.3, 0.4) is 0 Å². The third-order valence-electron chi connectivity index (χ3n) is 8.58. The van der Waals surface area contributed by atoms with Gasteiger partial charge in [-0.2, -0.15) is 8.42 Å². The van der Waals surface area contributed by atoms with Crippen molar-refractivity contribution in [2.75, 3.05) is 18.7 Å². The molecule has 7 rings (SSSR count). The van der Waals surface area contributed by atoms with Crippen molar-refractivity contribution in [2.45, 2.75) is 49.7 Å². The maximum Gasteiger partial charge on any atom is 0.287 e. The van der Waals surface area contributed by atoms with Crippen LogP contribution in [0.5, 0.6) is 5.75 Å². The molecule has 2 aromatic rings. The number of amidine groups is 1. The number of rotatable bonds is 7. The number of carbonyl (C=O) groups excluding carboxylic acids is 2. The van der Waals surface area contributed by atoms with E-state index in [1.54, 1.807) is 11.0 Å². The summed E-state index contributed by atoms with van der Waals surface area (Å²) in [6.07, 6.45) is 4.49. The Hall–Kier alpha value is -2.88. The van der Waals surface area contributed by atoms with Gasteiger partial charge in [0.15, 0.2) is 23.3 Å². The van der Waals surface area contributed by atoms with Gasteiger partial charge in [0.05, 0.1) is 13.4 Å². The lowest BCUT2D eigenvalue weighted by atomic mass is 9.57. The Morgan fingerprint density at radius 2 is 1.90 bits per heavy atom. The van der Waals surface area contributed by atoms with E-state index in [9.17, 15) is 30.8 Å². The van der Waals surface area contributed by atoms with Crippen molar-refractivity contribution >= 4 is 53.9 Å². The number of sulfonamides is 2. The number of anilines is 1. The van der Waals surface area contributed by atoms with E-state index in [1.165, 1.54) is 24.6 Å². The van der Waals surface area contributed by atoms with E-state index in [0.717, 1.165) is 43.3 Å². The Bertz CT molecular complexity index is 1680. The lowest BCUT2D eigenvalue weighted by Crippen LogP contribution is -2.66. The van der Waals surface area contributed by atoms with Crippen LogP contribution in [0.25, 0.3) is 0 Å². The zero-order valence-corrected chi connectivity index (χ0v) is 24.7. The van der Waals surface area contributed by atoms with Crippen LogP contribution in [-0.2, 0) is 42.7 Å². The lowest BCUT2D eigenvalue weighted by Gasteiger charge is -2.55. The largest absolute Gasteiger partial charge is 0.494 e. The number of hydrogen-bond acceptors (Lipinski definition) is 9. The molecule has 3 heterocycles. The van der Waals surface area contributed by atoms with Crippen LogP contribution in [0, 0.1) is 29.5 Å². The minimum atomic E-state index is -4.35. The molecule has 1 saturated heterocycles. The first-order chi connectivity index (χ1) is 19.4. The van der Waals surface area contributed by atoms with Gasteiger partial charge in [-0.1, -0.05) is 6.07 Å². The third kappa shape index (κ3) is 4.96. The fourth-order valence-electron chi connectivity index (χ4n) is 6.85. The summed E-state index contributed by atoms with van der Waals surface area (Å²) < 4.78 is 75.2. The van der Waals surface area contributed by atoms with Gasteiger partial charge in [-0.3, -0.25) is 9.59 Å². The molecule has 41 heavy (non-hydrogen) atoms. The molecule has 220 valence electrons. The molecular formula is C26H29FN4O7S3. The second-order valence-electron chi connectivity index (χ2n) is 11.1. The number of ketones is 1. The monoisotopic (exact) mass is 624 g/mol. The lowest BCUT2D eigenvalue weighted by molar-refractivity contribution is -0.162. The molecule has 3 aliphatic carbocycles. The first-order valence-electron chi connectivity index (χ1n) is 13.2. The van der Waals surface area contributed by atoms with Gasteiger partial charge in [0, 0.05) is 30.6 Å². The summed E-state index contributed by atoms with van der Waals surface area (Å²) in [5, 5.41) is 4.59. The van der Waals surface area contributed by atoms with Crippen molar-refractivity contribution in [2.24, 2.45) is 28.1 Å². The van der Waals surface area contributed by atoms with Crippen molar-refractivity contribution in [3.63, 3.8) is 0 Å². The summed E-state index contributed by atoms with van der Waals surface area (Å²) in [6.45, 7) is -0.144. The normalized spacial score (nSPS) is 28.5. The van der Waals surface area contributed by atoms with Crippen LogP contribution in [0.2, 0.25) is 0 Å². The minimum absolute atomic E-state index is 0.0390. The van der Waals surface area contributed by atoms with Gasteiger partial charge in [0.1, 0.15) is 15.7 Å². The zero-order chi connectivity index (χ0) is 29.3. The summed E-state index contributed by atoms with van der Waals surface area (Å²) in [6, 6.07) is 4.03. The van der Waals surface area contributed by atoms with Crippen molar-refractivity contribution < 1.29 is 35.6 Å². The van der Waals surface area contributed by atoms with Crippen LogP contribution < -0.4 is 14.8 Å². The molecule has 11 nitrogen and oxygen atoms in total. The predicted molar refractivity (Wildman–Crippen MR) is 149 cm³/mol. The highest BCUT2D eigenvalue weighted by Crippen LogP contribution is 2.51. The number of benzene rings is 1. The second-order valence-corrected chi connectivity index (χ2v) is 15.3. The topological polar surface area (TPSA) is 151 Å². The molecule has 5 aliphatic rings. The first kappa shape index (κ1) is 28.2. The van der Waals surface area contributed by atoms with Gasteiger partial charge in [-0.15, -0.1) is 15.7 Å². The number of methoxy groups -OCH3 is 1. The van der Waals surface area contributed by atoms with Crippen LogP contribution in [0.4, 0.5) is 9.39 Å². The summed E-state index contributed by atoms with van der Waals surface area (Å²) >= 11 is 1.03. The van der Waals surface area contributed by atoms with Crippen LogP contribution in [0.1, 0.15) is 36.8 Å². The van der Waals surface area contributed by atoms with Gasteiger partial charge < -0.3 is 15.0 Å². The van der Waals surface area contributed by atoms with Crippen molar-refractivity contribution in [3.8, 4) is 5.75 Å². The number of ether oxygens (including phenoxy) is 1. The van der Waals surface area contributed by atoms with Gasteiger partial charge in [-0.25, -0.2) is 17.5 Å². The van der Waals surface area contributed by atoms with Crippen molar-refractivity contribution in [1.29, 1.82) is 0 Å². The fourth-order valence-corrected chi connectivity index (χ4v) is 9.91. The van der Waals surface area contributed by atoms with E-state index in [0.29, 0.717) is 5.56 Å². The zero-order valence-electron chi connectivity index (χ0n) is 22.3. The highest BCUT2D eigenvalue weighted by atomic mass is 32.2. The summed E-state index contributed by atoms with van der Waals surface area (Å²) in [5.74, 6) is -3.32. The molecule has 2 aliphatic heterocycles. The molecular weight excluding hydrogens is 596 g/mol. The summed E-state index contributed by atoms with van der Waals surface area (Å²) in [7, 11) is -6.58. The number of hydrogen-bond donors (Lipinski definition) is 2. The maximum absolute atomic E-state index is 14.1. The molecule has 3 saturated carbocycles. The highest BCUT2D eigenvalue weighted by Gasteiger charge is 2.58. The Kier molecular flexibility index (Phi) is 6.98. The number of thiophene rings is 1. The Morgan fingerprint density at radius 1 is 1.20 bits per heavy atom. The third-order valence-corrected chi connectivity index (χ3v) is 11.7. The quantitative estimate of drug-likeness (QED) is 0.446. The number of amides is 1. The van der Waals surface area contributed by atoms with Gasteiger partial charge >= 0.3 is 0 Å². The number of Topliss-reactive ketones (excluding diaryl/α,β-unsaturated/α-hetero) is 1. The molecule has 1 amide bonds. The predicted octanol–water partition coefficient (Wildman–Crippen LogP) is 2.49. The summed E-state index contributed by atoms with van der Waals surface area (Å²) in [5.41, 5.74) is 0.836. The average molecular weight is 625 g/mol. The van der Waals surface area contributed by atoms with Crippen LogP contribution in [-0.4, -0.2) is 58.7 Å². The fraction of sp³-hybridized carbons (Fsp3) is 0.500. The standard InChI is InChI=1S/C26H29FN4O7S3/c1-38-18-9-13(3-8-17(18)27)11-31-21-15-6-4-14(5-7-15)19(21)22(32)20(26(31)33)24-29-25-23(41(36,37)30-24)16(12-39-25)10-28-40(2,34)35/h3,8-9,12,14-15,19-21,28H,4-7,10-11H2,1-2H3,(H,29,30)/t14?,15?,19-,20?,21+/m1/s1. The number of piperidine rings is 1. The minimum Gasteiger partial charge on any atom is -0.494 e. The van der Waals surface area contributed by atoms with Gasteiger partial charge in [-0.05, 0) is 60.6 Å². The number of carbonyl (C=O) groups is 2. The average Bonchev–Trinajstić information content (AvgIpc) is 3.34. The Morgan fingerprint density at radius 3 is 2.59 bits per heavy atom. The molecule has 1 unspecified atom stereocenters. The van der Waals surface area contributed by atoms with E-state index in [4.69, 9.17) is 4.74 Å². The molecule has 3 atom stereocenters. The van der Waals surface area contributed by atoms with E-state index in [1.807, 2.05) is 0 Å². The molecule has 2 N–H and O–H groups in total. The SMILES string of the molecule is COc1cc(CN2C(=O)C(C3=NS(=O)(=O)c4c(CNS(C)(=O)=O)csc4N3)C(=O)[C@@H]3C4CCC(CC4)[C@@H]32)ccc1F. The Balaban J connectivity index is 1.37. The van der Waals surface area contributed by atoms with E-state index in [-0.39, 0.29) is 63.8 Å². The van der Waals surface area contributed by atoms with E-state index in [2.05, 4.69) is 14.4 Å². The van der Waals surface area contributed by atoms with Gasteiger partial charge in [0.25, 0.3) is 10.0 Å². The molecule has 15 heteroatoms. The van der Waals surface area contributed by atoms with Crippen LogP contribution >= 0.6 is 11.3 Å².